The molecule has 7 nitrogen and oxygen atoms in total. The number of hydrogen-bond donors (Lipinski definition) is 2. The van der Waals surface area contributed by atoms with E-state index in [-0.39, 0.29) is 11.2 Å². The van der Waals surface area contributed by atoms with Crippen molar-refractivity contribution in [1.82, 2.24) is 20.5 Å². The minimum absolute atomic E-state index is 0.0618. The molecule has 2 N–H and O–H groups in total. The van der Waals surface area contributed by atoms with Gasteiger partial charge >= 0.3 is 0 Å². The molecule has 0 atom stereocenters. The lowest BCUT2D eigenvalue weighted by Gasteiger charge is -2.32. The van der Waals surface area contributed by atoms with Gasteiger partial charge in [0.15, 0.2) is 5.96 Å². The summed E-state index contributed by atoms with van der Waals surface area (Å²) in [4.78, 5) is 11.7. The van der Waals surface area contributed by atoms with Crippen LogP contribution in [0.4, 0.5) is 0 Å². The summed E-state index contributed by atoms with van der Waals surface area (Å²) in [6.07, 6.45) is 3.27. The molecule has 1 aromatic heterocycles. The molecule has 0 spiro atoms. The van der Waals surface area contributed by atoms with Gasteiger partial charge in [-0.3, -0.25) is 0 Å². The molecule has 0 unspecified atom stereocenters. The zero-order valence-corrected chi connectivity index (χ0v) is 19.4. The summed E-state index contributed by atoms with van der Waals surface area (Å²) >= 11 is 1.66. The Morgan fingerprint density at radius 2 is 2.04 bits per heavy atom. The summed E-state index contributed by atoms with van der Waals surface area (Å²) in [5.41, 5.74) is 1.17. The molecule has 0 aliphatic carbocycles. The highest BCUT2D eigenvalue weighted by molar-refractivity contribution is 7.90. The Kier molecular flexibility index (Phi) is 8.27. The average Bonchev–Trinajstić information content (AvgIpc) is 3.08. The molecule has 0 aromatic carbocycles. The maximum Gasteiger partial charge on any atom is 0.191 e. The average molecular weight is 430 g/mol. The van der Waals surface area contributed by atoms with Gasteiger partial charge in [0.05, 0.1) is 18.0 Å². The molecule has 0 radical (unpaired) electrons. The minimum Gasteiger partial charge on any atom is -0.357 e. The molecule has 28 heavy (non-hydrogen) atoms. The molecule has 160 valence electrons. The molecule has 0 saturated carbocycles. The van der Waals surface area contributed by atoms with Crippen molar-refractivity contribution in [2.75, 3.05) is 38.2 Å². The van der Waals surface area contributed by atoms with Crippen LogP contribution in [-0.2, 0) is 21.8 Å². The Morgan fingerprint density at radius 1 is 1.36 bits per heavy atom. The first kappa shape index (κ1) is 23.1. The van der Waals surface area contributed by atoms with Gasteiger partial charge in [0.1, 0.15) is 14.8 Å². The number of sulfone groups is 1. The molecule has 1 aliphatic rings. The van der Waals surface area contributed by atoms with Crippen LogP contribution in [0.5, 0.6) is 0 Å². The van der Waals surface area contributed by atoms with E-state index in [1.165, 1.54) is 6.26 Å². The summed E-state index contributed by atoms with van der Waals surface area (Å²) < 4.78 is 22.7. The van der Waals surface area contributed by atoms with Crippen molar-refractivity contribution >= 4 is 27.1 Å². The van der Waals surface area contributed by atoms with Gasteiger partial charge in [0.25, 0.3) is 0 Å². The van der Waals surface area contributed by atoms with E-state index < -0.39 is 9.84 Å². The fourth-order valence-corrected chi connectivity index (χ4v) is 4.52. The number of guanidine groups is 1. The van der Waals surface area contributed by atoms with Crippen LogP contribution in [0.15, 0.2) is 10.4 Å². The Bertz CT molecular complexity index is 745. The Morgan fingerprint density at radius 3 is 2.57 bits per heavy atom. The van der Waals surface area contributed by atoms with Crippen LogP contribution in [0.3, 0.4) is 0 Å². The summed E-state index contributed by atoms with van der Waals surface area (Å²) in [5.74, 6) is 1.06. The van der Waals surface area contributed by atoms with Crippen molar-refractivity contribution in [3.05, 3.63) is 16.1 Å². The number of aliphatic imine (C=N–C) groups is 1. The van der Waals surface area contributed by atoms with E-state index in [0.29, 0.717) is 19.1 Å². The summed E-state index contributed by atoms with van der Waals surface area (Å²) in [6.45, 7) is 12.4. The van der Waals surface area contributed by atoms with Crippen molar-refractivity contribution < 1.29 is 8.42 Å². The van der Waals surface area contributed by atoms with E-state index in [0.717, 1.165) is 49.1 Å². The second kappa shape index (κ2) is 10.0. The summed E-state index contributed by atoms with van der Waals surface area (Å²) in [6, 6.07) is 0.355. The first-order valence-corrected chi connectivity index (χ1v) is 12.9. The standard InChI is InChI=1S/C19H35N5O2S2/c1-6-20-18(21-13-17-23-16(14-27-17)19(2,3)4)22-15-7-9-24(10-8-15)11-12-28(5,25)26/h14-15H,6-13H2,1-5H3,(H2,20,21,22). The van der Waals surface area contributed by atoms with E-state index in [4.69, 9.17) is 9.98 Å². The van der Waals surface area contributed by atoms with Crippen molar-refractivity contribution in [2.45, 2.75) is 58.5 Å². The zero-order chi connectivity index (χ0) is 20.8. The fraction of sp³-hybridized carbons (Fsp3) is 0.789. The maximum absolute atomic E-state index is 11.3. The molecule has 2 heterocycles. The second-order valence-corrected chi connectivity index (χ2v) is 11.7. The second-order valence-electron chi connectivity index (χ2n) is 8.46. The van der Waals surface area contributed by atoms with Crippen LogP contribution in [0.2, 0.25) is 0 Å². The molecule has 0 amide bonds. The van der Waals surface area contributed by atoms with Crippen molar-refractivity contribution in [3.8, 4) is 0 Å². The predicted octanol–water partition coefficient (Wildman–Crippen LogP) is 2.00. The number of rotatable bonds is 7. The van der Waals surface area contributed by atoms with Gasteiger partial charge in [-0.25, -0.2) is 18.4 Å². The van der Waals surface area contributed by atoms with Crippen molar-refractivity contribution in [1.29, 1.82) is 0 Å². The lowest BCUT2D eigenvalue weighted by molar-refractivity contribution is 0.216. The number of piperidine rings is 1. The Labute approximate surface area is 174 Å². The molecular weight excluding hydrogens is 394 g/mol. The fourth-order valence-electron chi connectivity index (χ4n) is 2.98. The highest BCUT2D eigenvalue weighted by Gasteiger charge is 2.21. The van der Waals surface area contributed by atoms with Crippen LogP contribution in [0.1, 0.15) is 51.2 Å². The number of nitrogens with zero attached hydrogens (tertiary/aromatic N) is 3. The molecule has 2 rings (SSSR count). The number of hydrogen-bond acceptors (Lipinski definition) is 6. The lowest BCUT2D eigenvalue weighted by Crippen LogP contribution is -2.49. The smallest absolute Gasteiger partial charge is 0.191 e. The third-order valence-corrected chi connectivity index (χ3v) is 6.50. The Balaban J connectivity index is 1.85. The van der Waals surface area contributed by atoms with E-state index in [9.17, 15) is 8.42 Å². The number of likely N-dealkylation sites (tertiary alicyclic amines) is 1. The highest BCUT2D eigenvalue weighted by Crippen LogP contribution is 2.24. The SMILES string of the molecule is CCNC(=NCc1nc(C(C)(C)C)cs1)NC1CCN(CCS(C)(=O)=O)CC1. The number of nitrogens with one attached hydrogen (secondary N) is 2. The monoisotopic (exact) mass is 429 g/mol. The predicted molar refractivity (Wildman–Crippen MR) is 118 cm³/mol. The van der Waals surface area contributed by atoms with Gasteiger partial charge in [0, 0.05) is 49.3 Å². The highest BCUT2D eigenvalue weighted by atomic mass is 32.2. The quantitative estimate of drug-likeness (QED) is 0.509. The maximum atomic E-state index is 11.3. The topological polar surface area (TPSA) is 86.7 Å². The number of thiazole rings is 1. The first-order valence-electron chi connectivity index (χ1n) is 9.96. The molecule has 1 saturated heterocycles. The van der Waals surface area contributed by atoms with Gasteiger partial charge in [-0.05, 0) is 19.8 Å². The van der Waals surface area contributed by atoms with Crippen molar-refractivity contribution in [2.24, 2.45) is 4.99 Å². The van der Waals surface area contributed by atoms with Crippen LogP contribution in [-0.4, -0.2) is 68.5 Å². The molecule has 9 heteroatoms. The van der Waals surface area contributed by atoms with Crippen LogP contribution in [0.25, 0.3) is 0 Å². The van der Waals surface area contributed by atoms with Gasteiger partial charge in [-0.1, -0.05) is 20.8 Å². The summed E-state index contributed by atoms with van der Waals surface area (Å²) in [5, 5.41) is 9.99. The van der Waals surface area contributed by atoms with Gasteiger partial charge in [-0.15, -0.1) is 11.3 Å². The minimum atomic E-state index is -2.90. The summed E-state index contributed by atoms with van der Waals surface area (Å²) in [7, 11) is -2.90. The molecule has 1 fully saturated rings. The normalized spacial score (nSPS) is 17.7. The van der Waals surface area contributed by atoms with Gasteiger partial charge in [0.2, 0.25) is 0 Å². The van der Waals surface area contributed by atoms with Crippen LogP contribution < -0.4 is 10.6 Å². The third-order valence-electron chi connectivity index (χ3n) is 4.74. The third kappa shape index (κ3) is 8.05. The van der Waals surface area contributed by atoms with E-state index in [1.807, 2.05) is 0 Å². The molecule has 1 aromatic rings. The van der Waals surface area contributed by atoms with Crippen molar-refractivity contribution in [3.63, 3.8) is 0 Å². The first-order chi connectivity index (χ1) is 13.1. The molecule has 1 aliphatic heterocycles. The zero-order valence-electron chi connectivity index (χ0n) is 17.8. The van der Waals surface area contributed by atoms with Gasteiger partial charge in [-0.2, -0.15) is 0 Å². The van der Waals surface area contributed by atoms with E-state index in [1.54, 1.807) is 11.3 Å². The largest absolute Gasteiger partial charge is 0.357 e. The number of aromatic nitrogens is 1. The van der Waals surface area contributed by atoms with E-state index >= 15 is 0 Å². The lowest BCUT2D eigenvalue weighted by atomic mass is 9.93. The molecule has 0 bridgehead atoms. The Hall–Kier alpha value is -1.19. The van der Waals surface area contributed by atoms with E-state index in [2.05, 4.69) is 48.6 Å². The van der Waals surface area contributed by atoms with Crippen LogP contribution in [0, 0.1) is 0 Å². The van der Waals surface area contributed by atoms with Crippen LogP contribution >= 0.6 is 11.3 Å². The molecular formula is C19H35N5O2S2. The van der Waals surface area contributed by atoms with Gasteiger partial charge < -0.3 is 15.5 Å².